The second kappa shape index (κ2) is 8.96. The summed E-state index contributed by atoms with van der Waals surface area (Å²) in [6, 6.07) is 19.6. The van der Waals surface area contributed by atoms with Gasteiger partial charge in [-0.25, -0.2) is 18.2 Å². The number of hydrogen-bond donors (Lipinski definition) is 2. The van der Waals surface area contributed by atoms with Crippen LogP contribution in [0.3, 0.4) is 0 Å². The second-order valence-electron chi connectivity index (χ2n) is 8.47. The fraction of sp³-hybridized carbons (Fsp3) is 0.192. The molecule has 3 N–H and O–H groups in total. The molecule has 0 radical (unpaired) electrons. The molecule has 0 bridgehead atoms. The molecule has 0 saturated carbocycles. The van der Waals surface area contributed by atoms with E-state index in [-0.39, 0.29) is 16.6 Å². The SMILES string of the molecule is COc1ccc(-c2cc(-c3cc(C(C)C)c(O)cc3C)nn2-c2ccc(S(N)(=O)=O)cc2)cc1. The predicted octanol–water partition coefficient (Wildman–Crippen LogP) is 5.00. The summed E-state index contributed by atoms with van der Waals surface area (Å²) in [7, 11) is -2.18. The zero-order valence-corrected chi connectivity index (χ0v) is 20.3. The van der Waals surface area contributed by atoms with Crippen LogP contribution < -0.4 is 9.88 Å². The fourth-order valence-corrected chi connectivity index (χ4v) is 4.42. The monoisotopic (exact) mass is 477 g/mol. The van der Waals surface area contributed by atoms with E-state index in [0.717, 1.165) is 39.4 Å². The number of nitrogens with zero attached hydrogens (tertiary/aromatic N) is 2. The third-order valence-corrected chi connectivity index (χ3v) is 6.71. The van der Waals surface area contributed by atoms with E-state index in [1.807, 2.05) is 57.2 Å². The number of sulfonamides is 1. The summed E-state index contributed by atoms with van der Waals surface area (Å²) in [6.45, 7) is 6.00. The number of aromatic nitrogens is 2. The van der Waals surface area contributed by atoms with Crippen LogP contribution in [0.1, 0.15) is 30.9 Å². The minimum atomic E-state index is -3.80. The lowest BCUT2D eigenvalue weighted by atomic mass is 9.95. The Kier molecular flexibility index (Phi) is 6.20. The Morgan fingerprint density at radius 3 is 2.21 bits per heavy atom. The summed E-state index contributed by atoms with van der Waals surface area (Å²) in [5, 5.41) is 20.5. The van der Waals surface area contributed by atoms with E-state index in [0.29, 0.717) is 5.69 Å². The van der Waals surface area contributed by atoms with Crippen molar-refractivity contribution < 1.29 is 18.3 Å². The molecule has 0 fully saturated rings. The number of hydrogen-bond acceptors (Lipinski definition) is 5. The van der Waals surface area contributed by atoms with Crippen molar-refractivity contribution in [2.45, 2.75) is 31.6 Å². The average Bonchev–Trinajstić information content (AvgIpc) is 3.23. The minimum Gasteiger partial charge on any atom is -0.508 e. The number of phenols is 1. The number of benzene rings is 3. The van der Waals surface area contributed by atoms with Crippen LogP contribution in [-0.4, -0.2) is 30.4 Å². The molecule has 3 aromatic carbocycles. The molecule has 34 heavy (non-hydrogen) atoms. The minimum absolute atomic E-state index is 0.0329. The summed E-state index contributed by atoms with van der Waals surface area (Å²) in [5.41, 5.74) is 5.81. The van der Waals surface area contributed by atoms with Crippen LogP contribution in [-0.2, 0) is 10.0 Å². The van der Waals surface area contributed by atoms with E-state index in [1.165, 1.54) is 12.1 Å². The van der Waals surface area contributed by atoms with E-state index in [9.17, 15) is 13.5 Å². The molecule has 0 saturated heterocycles. The first-order valence-electron chi connectivity index (χ1n) is 10.8. The van der Waals surface area contributed by atoms with Crippen LogP contribution in [0.5, 0.6) is 11.5 Å². The molecule has 0 unspecified atom stereocenters. The standard InChI is InChI=1S/C26H27N3O4S/c1-16(2)22-14-23(17(3)13-26(22)30)24-15-25(18-5-9-20(33-4)10-6-18)29(28-24)19-7-11-21(12-8-19)34(27,31)32/h5-16,30H,1-4H3,(H2,27,31,32). The van der Waals surface area contributed by atoms with Gasteiger partial charge in [-0.15, -0.1) is 0 Å². The zero-order chi connectivity index (χ0) is 24.6. The largest absolute Gasteiger partial charge is 0.508 e. The Hall–Kier alpha value is -3.62. The third-order valence-electron chi connectivity index (χ3n) is 5.78. The Labute approximate surface area is 199 Å². The number of primary sulfonamides is 1. The smallest absolute Gasteiger partial charge is 0.238 e. The van der Waals surface area contributed by atoms with Gasteiger partial charge in [0.15, 0.2) is 0 Å². The Bertz CT molecular complexity index is 1440. The Balaban J connectivity index is 1.91. The molecule has 1 heterocycles. The van der Waals surface area contributed by atoms with Crippen molar-refractivity contribution in [3.05, 3.63) is 77.9 Å². The van der Waals surface area contributed by atoms with Crippen molar-refractivity contribution in [1.82, 2.24) is 9.78 Å². The van der Waals surface area contributed by atoms with Gasteiger partial charge < -0.3 is 9.84 Å². The van der Waals surface area contributed by atoms with Gasteiger partial charge >= 0.3 is 0 Å². The molecule has 0 amide bonds. The van der Waals surface area contributed by atoms with Crippen LogP contribution in [0.2, 0.25) is 0 Å². The first-order chi connectivity index (χ1) is 16.1. The summed E-state index contributed by atoms with van der Waals surface area (Å²) >= 11 is 0. The Morgan fingerprint density at radius 1 is 1.00 bits per heavy atom. The summed E-state index contributed by atoms with van der Waals surface area (Å²) in [4.78, 5) is 0.0329. The van der Waals surface area contributed by atoms with Crippen LogP contribution in [0, 0.1) is 6.92 Å². The summed E-state index contributed by atoms with van der Waals surface area (Å²) in [5.74, 6) is 1.15. The first kappa shape index (κ1) is 23.5. The molecule has 176 valence electrons. The van der Waals surface area contributed by atoms with Crippen LogP contribution in [0.4, 0.5) is 0 Å². The van der Waals surface area contributed by atoms with Gasteiger partial charge in [-0.1, -0.05) is 13.8 Å². The van der Waals surface area contributed by atoms with Crippen LogP contribution in [0.15, 0.2) is 71.6 Å². The van der Waals surface area contributed by atoms with E-state index < -0.39 is 10.0 Å². The summed E-state index contributed by atoms with van der Waals surface area (Å²) < 4.78 is 30.4. The van der Waals surface area contributed by atoms with Gasteiger partial charge in [0.1, 0.15) is 11.5 Å². The van der Waals surface area contributed by atoms with Gasteiger partial charge in [-0.3, -0.25) is 0 Å². The van der Waals surface area contributed by atoms with Crippen molar-refractivity contribution in [1.29, 1.82) is 0 Å². The van der Waals surface area contributed by atoms with Crippen LogP contribution >= 0.6 is 0 Å². The molecule has 0 spiro atoms. The lowest BCUT2D eigenvalue weighted by molar-refractivity contribution is 0.415. The number of rotatable bonds is 6. The van der Waals surface area contributed by atoms with Gasteiger partial charge in [0.25, 0.3) is 0 Å². The number of ether oxygens (including phenoxy) is 1. The third kappa shape index (κ3) is 4.55. The fourth-order valence-electron chi connectivity index (χ4n) is 3.90. The van der Waals surface area contributed by atoms with E-state index in [2.05, 4.69) is 0 Å². The number of nitrogens with two attached hydrogens (primary N) is 1. The van der Waals surface area contributed by atoms with E-state index >= 15 is 0 Å². The molecular weight excluding hydrogens is 450 g/mol. The molecule has 0 atom stereocenters. The predicted molar refractivity (Wildman–Crippen MR) is 133 cm³/mol. The maximum atomic E-state index is 11.7. The molecule has 4 aromatic rings. The molecule has 1 aromatic heterocycles. The topological polar surface area (TPSA) is 107 Å². The highest BCUT2D eigenvalue weighted by Gasteiger charge is 2.18. The highest BCUT2D eigenvalue weighted by Crippen LogP contribution is 2.36. The maximum Gasteiger partial charge on any atom is 0.238 e. The van der Waals surface area contributed by atoms with Crippen molar-refractivity contribution in [3.8, 4) is 39.7 Å². The van der Waals surface area contributed by atoms with Gasteiger partial charge in [0, 0.05) is 11.1 Å². The molecule has 0 aliphatic heterocycles. The molecular formula is C26H27N3O4S. The molecule has 4 rings (SSSR count). The van der Waals surface area contributed by atoms with E-state index in [4.69, 9.17) is 15.0 Å². The van der Waals surface area contributed by atoms with Crippen molar-refractivity contribution in [3.63, 3.8) is 0 Å². The van der Waals surface area contributed by atoms with Gasteiger partial charge in [-0.05, 0) is 90.7 Å². The van der Waals surface area contributed by atoms with Gasteiger partial charge in [0.2, 0.25) is 10.0 Å². The van der Waals surface area contributed by atoms with Crippen LogP contribution in [0.25, 0.3) is 28.2 Å². The van der Waals surface area contributed by atoms with E-state index in [1.54, 1.807) is 30.0 Å². The number of aryl methyl sites for hydroxylation is 1. The average molecular weight is 478 g/mol. The van der Waals surface area contributed by atoms with Crippen molar-refractivity contribution in [2.24, 2.45) is 5.14 Å². The molecule has 7 nitrogen and oxygen atoms in total. The van der Waals surface area contributed by atoms with Crippen molar-refractivity contribution >= 4 is 10.0 Å². The molecule has 0 aliphatic rings. The zero-order valence-electron chi connectivity index (χ0n) is 19.5. The number of methoxy groups -OCH3 is 1. The van der Waals surface area contributed by atoms with Gasteiger partial charge in [0.05, 0.1) is 29.1 Å². The molecule has 0 aliphatic carbocycles. The Morgan fingerprint density at radius 2 is 1.65 bits per heavy atom. The normalized spacial score (nSPS) is 11.7. The number of aromatic hydroxyl groups is 1. The highest BCUT2D eigenvalue weighted by atomic mass is 32.2. The second-order valence-corrected chi connectivity index (χ2v) is 10.0. The maximum absolute atomic E-state index is 11.7. The van der Waals surface area contributed by atoms with Crippen molar-refractivity contribution in [2.75, 3.05) is 7.11 Å². The summed E-state index contributed by atoms with van der Waals surface area (Å²) in [6.07, 6.45) is 0. The lowest BCUT2D eigenvalue weighted by Crippen LogP contribution is -2.12. The molecule has 8 heteroatoms. The quantitative estimate of drug-likeness (QED) is 0.406. The van der Waals surface area contributed by atoms with Gasteiger partial charge in [-0.2, -0.15) is 5.10 Å². The lowest BCUT2D eigenvalue weighted by Gasteiger charge is -2.12. The number of phenolic OH excluding ortho intramolecular Hbond substituents is 1. The first-order valence-corrected chi connectivity index (χ1v) is 12.3. The highest BCUT2D eigenvalue weighted by molar-refractivity contribution is 7.89.